The van der Waals surface area contributed by atoms with Crippen LogP contribution < -0.4 is 14.4 Å². The largest absolute Gasteiger partial charge is 0.496 e. The van der Waals surface area contributed by atoms with E-state index in [1.165, 1.54) is 34.6 Å². The molecular formula is C17H30NO2S+. The summed E-state index contributed by atoms with van der Waals surface area (Å²) in [5.74, 6) is 3.09. The normalized spacial score (nSPS) is 11.0. The van der Waals surface area contributed by atoms with Gasteiger partial charge in [0.1, 0.15) is 11.5 Å². The maximum absolute atomic E-state index is 5.57. The maximum atomic E-state index is 5.57. The summed E-state index contributed by atoms with van der Waals surface area (Å²) in [6, 6.07) is 4.28. The van der Waals surface area contributed by atoms with Crippen molar-refractivity contribution in [3.63, 3.8) is 0 Å². The number of benzene rings is 1. The highest BCUT2D eigenvalue weighted by molar-refractivity contribution is 7.99. The molecule has 0 aromatic heterocycles. The third kappa shape index (κ3) is 6.18. The molecule has 1 aromatic carbocycles. The SMILES string of the molecule is CCCCCSc1cc(OC)c(CC[NH+](C)C)cc1OC. The zero-order valence-corrected chi connectivity index (χ0v) is 14.9. The Balaban J connectivity index is 2.83. The van der Waals surface area contributed by atoms with Crippen molar-refractivity contribution >= 4 is 11.8 Å². The van der Waals surface area contributed by atoms with Crippen LogP contribution in [0.15, 0.2) is 17.0 Å². The van der Waals surface area contributed by atoms with Crippen molar-refractivity contribution in [2.24, 2.45) is 0 Å². The Labute approximate surface area is 134 Å². The molecule has 120 valence electrons. The summed E-state index contributed by atoms with van der Waals surface area (Å²) in [5, 5.41) is 0. The highest BCUT2D eigenvalue weighted by atomic mass is 32.2. The van der Waals surface area contributed by atoms with Crippen LogP contribution in [0.4, 0.5) is 0 Å². The smallest absolute Gasteiger partial charge is 0.132 e. The lowest BCUT2D eigenvalue weighted by Crippen LogP contribution is -3.05. The minimum atomic E-state index is 0.973. The number of hydrogen-bond acceptors (Lipinski definition) is 3. The van der Waals surface area contributed by atoms with Gasteiger partial charge < -0.3 is 14.4 Å². The Morgan fingerprint density at radius 3 is 2.33 bits per heavy atom. The summed E-state index contributed by atoms with van der Waals surface area (Å²) in [7, 11) is 7.83. The van der Waals surface area contributed by atoms with Crippen LogP contribution in [0.5, 0.6) is 11.5 Å². The Bertz CT molecular complexity index is 421. The van der Waals surface area contributed by atoms with E-state index >= 15 is 0 Å². The molecule has 21 heavy (non-hydrogen) atoms. The summed E-state index contributed by atoms with van der Waals surface area (Å²) in [6.45, 7) is 3.32. The van der Waals surface area contributed by atoms with E-state index in [1.54, 1.807) is 14.2 Å². The Kier molecular flexibility index (Phi) is 8.62. The van der Waals surface area contributed by atoms with Crippen LogP contribution >= 0.6 is 11.8 Å². The highest BCUT2D eigenvalue weighted by Crippen LogP contribution is 2.36. The van der Waals surface area contributed by atoms with Crippen molar-refractivity contribution in [2.45, 2.75) is 37.5 Å². The molecule has 0 aliphatic heterocycles. The van der Waals surface area contributed by atoms with Crippen LogP contribution in [0.25, 0.3) is 0 Å². The first-order valence-corrected chi connectivity index (χ1v) is 8.77. The van der Waals surface area contributed by atoms with Crippen molar-refractivity contribution in [1.82, 2.24) is 0 Å². The summed E-state index contributed by atoms with van der Waals surface area (Å²) in [6.07, 6.45) is 4.80. The van der Waals surface area contributed by atoms with Crippen molar-refractivity contribution in [3.8, 4) is 11.5 Å². The minimum absolute atomic E-state index is 0.973. The van der Waals surface area contributed by atoms with Crippen molar-refractivity contribution in [2.75, 3.05) is 40.6 Å². The van der Waals surface area contributed by atoms with E-state index in [4.69, 9.17) is 9.47 Å². The van der Waals surface area contributed by atoms with Gasteiger partial charge in [0.15, 0.2) is 0 Å². The first-order chi connectivity index (χ1) is 10.1. The number of quaternary nitrogens is 1. The van der Waals surface area contributed by atoms with Gasteiger partial charge in [0, 0.05) is 12.0 Å². The molecule has 0 atom stereocenters. The van der Waals surface area contributed by atoms with Gasteiger partial charge in [0.2, 0.25) is 0 Å². The number of unbranched alkanes of at least 4 members (excludes halogenated alkanes) is 2. The molecular weight excluding hydrogens is 282 g/mol. The third-order valence-corrected chi connectivity index (χ3v) is 4.59. The molecule has 0 fully saturated rings. The maximum Gasteiger partial charge on any atom is 0.132 e. The predicted molar refractivity (Wildman–Crippen MR) is 91.2 cm³/mol. The Hall–Kier alpha value is -0.870. The lowest BCUT2D eigenvalue weighted by molar-refractivity contribution is -0.858. The second kappa shape index (κ2) is 9.96. The molecule has 0 bridgehead atoms. The number of likely N-dealkylation sites (N-methyl/N-ethyl adjacent to an activating group) is 1. The van der Waals surface area contributed by atoms with Gasteiger partial charge in [-0.05, 0) is 24.3 Å². The molecule has 1 N–H and O–H groups in total. The molecule has 0 spiro atoms. The zero-order valence-electron chi connectivity index (χ0n) is 14.1. The summed E-state index contributed by atoms with van der Waals surface area (Å²) in [4.78, 5) is 2.63. The van der Waals surface area contributed by atoms with E-state index in [0.717, 1.165) is 30.2 Å². The topological polar surface area (TPSA) is 22.9 Å². The number of methoxy groups -OCH3 is 2. The average molecular weight is 312 g/mol. The fourth-order valence-corrected chi connectivity index (χ4v) is 3.20. The van der Waals surface area contributed by atoms with Crippen LogP contribution in [0.1, 0.15) is 31.7 Å². The highest BCUT2D eigenvalue weighted by Gasteiger charge is 2.12. The molecule has 0 aliphatic carbocycles. The van der Waals surface area contributed by atoms with Gasteiger partial charge in [-0.15, -0.1) is 11.8 Å². The second-order valence-electron chi connectivity index (χ2n) is 5.58. The molecule has 0 saturated carbocycles. The molecule has 4 heteroatoms. The average Bonchev–Trinajstić information content (AvgIpc) is 2.49. The predicted octanol–water partition coefficient (Wildman–Crippen LogP) is 2.67. The number of rotatable bonds is 10. The Morgan fingerprint density at radius 1 is 1.05 bits per heavy atom. The summed E-state index contributed by atoms with van der Waals surface area (Å²) >= 11 is 1.86. The molecule has 1 rings (SSSR count). The van der Waals surface area contributed by atoms with Crippen LogP contribution in [-0.2, 0) is 6.42 Å². The number of nitrogens with one attached hydrogen (secondary N) is 1. The molecule has 3 nitrogen and oxygen atoms in total. The van der Waals surface area contributed by atoms with Gasteiger partial charge in [-0.25, -0.2) is 0 Å². The second-order valence-corrected chi connectivity index (χ2v) is 6.71. The standard InChI is InChI=1S/C17H29NO2S/c1-6-7-8-11-21-17-13-15(19-4)14(9-10-18(2)3)12-16(17)20-5/h12-13H,6-11H2,1-5H3/p+1. The van der Waals surface area contributed by atoms with Gasteiger partial charge in [0.25, 0.3) is 0 Å². The third-order valence-electron chi connectivity index (χ3n) is 3.47. The van der Waals surface area contributed by atoms with Crippen molar-refractivity contribution in [3.05, 3.63) is 17.7 Å². The number of ether oxygens (including phenoxy) is 2. The van der Waals surface area contributed by atoms with E-state index in [0.29, 0.717) is 0 Å². The molecule has 1 aromatic rings. The van der Waals surface area contributed by atoms with E-state index < -0.39 is 0 Å². The Morgan fingerprint density at radius 2 is 1.76 bits per heavy atom. The van der Waals surface area contributed by atoms with Gasteiger partial charge in [-0.1, -0.05) is 19.8 Å². The molecule has 0 aliphatic rings. The fourth-order valence-electron chi connectivity index (χ4n) is 2.16. The first-order valence-electron chi connectivity index (χ1n) is 7.79. The quantitative estimate of drug-likeness (QED) is 0.531. The molecule has 0 saturated heterocycles. The van der Waals surface area contributed by atoms with Crippen molar-refractivity contribution in [1.29, 1.82) is 0 Å². The summed E-state index contributed by atoms with van der Waals surface area (Å²) in [5.41, 5.74) is 1.23. The number of hydrogen-bond donors (Lipinski definition) is 1. The van der Waals surface area contributed by atoms with Crippen LogP contribution in [0.3, 0.4) is 0 Å². The lowest BCUT2D eigenvalue weighted by atomic mass is 10.1. The molecule has 0 unspecified atom stereocenters. The number of thioether (sulfide) groups is 1. The zero-order chi connectivity index (χ0) is 15.7. The van der Waals surface area contributed by atoms with Crippen LogP contribution in [0, 0.1) is 0 Å². The van der Waals surface area contributed by atoms with Gasteiger partial charge in [0.05, 0.1) is 39.8 Å². The van der Waals surface area contributed by atoms with Gasteiger partial charge in [-0.2, -0.15) is 0 Å². The van der Waals surface area contributed by atoms with E-state index in [1.807, 2.05) is 11.8 Å². The molecule has 0 heterocycles. The fraction of sp³-hybridized carbons (Fsp3) is 0.647. The lowest BCUT2D eigenvalue weighted by Gasteiger charge is -2.15. The monoisotopic (exact) mass is 312 g/mol. The van der Waals surface area contributed by atoms with Crippen molar-refractivity contribution < 1.29 is 14.4 Å². The van der Waals surface area contributed by atoms with Gasteiger partial charge >= 0.3 is 0 Å². The molecule has 0 amide bonds. The first kappa shape index (κ1) is 18.2. The molecule has 0 radical (unpaired) electrons. The minimum Gasteiger partial charge on any atom is -0.496 e. The van der Waals surface area contributed by atoms with E-state index in [-0.39, 0.29) is 0 Å². The van der Waals surface area contributed by atoms with E-state index in [2.05, 4.69) is 33.2 Å². The van der Waals surface area contributed by atoms with Crippen LogP contribution in [0.2, 0.25) is 0 Å². The van der Waals surface area contributed by atoms with E-state index in [9.17, 15) is 0 Å². The summed E-state index contributed by atoms with van der Waals surface area (Å²) < 4.78 is 11.1. The van der Waals surface area contributed by atoms with Gasteiger partial charge in [-0.3, -0.25) is 0 Å². The van der Waals surface area contributed by atoms with Crippen LogP contribution in [-0.4, -0.2) is 40.6 Å².